The number of carbonyl (C=O) groups excluding carboxylic acids is 1. The first kappa shape index (κ1) is 18.6. The zero-order valence-corrected chi connectivity index (χ0v) is 15.0. The van der Waals surface area contributed by atoms with E-state index in [2.05, 4.69) is 5.32 Å². The van der Waals surface area contributed by atoms with Crippen molar-refractivity contribution < 1.29 is 19.4 Å². The fourth-order valence-electron chi connectivity index (χ4n) is 3.03. The van der Waals surface area contributed by atoms with Gasteiger partial charge in [-0.1, -0.05) is 19.1 Å². The summed E-state index contributed by atoms with van der Waals surface area (Å²) in [5.74, 6) is 1.27. The Morgan fingerprint density at radius 3 is 2.42 bits per heavy atom. The highest BCUT2D eigenvalue weighted by molar-refractivity contribution is 7.99. The molecule has 0 saturated carbocycles. The Balaban J connectivity index is 2.03. The predicted octanol–water partition coefficient (Wildman–Crippen LogP) is 3.05. The van der Waals surface area contributed by atoms with E-state index in [1.807, 2.05) is 31.2 Å². The molecule has 6 heteroatoms. The lowest BCUT2D eigenvalue weighted by Crippen LogP contribution is -2.56. The first-order chi connectivity index (χ1) is 11.5. The molecule has 1 atom stereocenters. The van der Waals surface area contributed by atoms with E-state index < -0.39 is 11.5 Å². The average Bonchev–Trinajstić information content (AvgIpc) is 2.60. The zero-order valence-electron chi connectivity index (χ0n) is 14.2. The minimum absolute atomic E-state index is 0.0692. The van der Waals surface area contributed by atoms with Crippen molar-refractivity contribution in [2.45, 2.75) is 44.1 Å². The van der Waals surface area contributed by atoms with E-state index in [9.17, 15) is 14.7 Å². The first-order valence-electron chi connectivity index (χ1n) is 8.27. The summed E-state index contributed by atoms with van der Waals surface area (Å²) in [6.07, 6.45) is 2.08. The van der Waals surface area contributed by atoms with Crippen LogP contribution in [0.2, 0.25) is 0 Å². The maximum atomic E-state index is 12.5. The number of carboxylic acid groups (broad SMARTS) is 1. The van der Waals surface area contributed by atoms with Crippen LogP contribution >= 0.6 is 11.8 Å². The molecule has 24 heavy (non-hydrogen) atoms. The third kappa shape index (κ3) is 4.44. The average molecular weight is 351 g/mol. The summed E-state index contributed by atoms with van der Waals surface area (Å²) in [7, 11) is 1.62. The van der Waals surface area contributed by atoms with Crippen LogP contribution < -0.4 is 10.1 Å². The summed E-state index contributed by atoms with van der Waals surface area (Å²) in [5, 5.41) is 12.4. The first-order valence-corrected chi connectivity index (χ1v) is 9.42. The molecule has 0 aliphatic carbocycles. The van der Waals surface area contributed by atoms with Crippen LogP contribution in [0.3, 0.4) is 0 Å². The van der Waals surface area contributed by atoms with Gasteiger partial charge in [-0.05, 0) is 54.4 Å². The lowest BCUT2D eigenvalue weighted by Gasteiger charge is -2.34. The number of hydrogen-bond donors (Lipinski definition) is 2. The van der Waals surface area contributed by atoms with Crippen LogP contribution in [0.25, 0.3) is 0 Å². The van der Waals surface area contributed by atoms with Gasteiger partial charge >= 0.3 is 5.97 Å². The number of nitrogens with one attached hydrogen (secondary N) is 1. The van der Waals surface area contributed by atoms with Gasteiger partial charge in [0, 0.05) is 6.42 Å². The number of rotatable bonds is 7. The van der Waals surface area contributed by atoms with Crippen molar-refractivity contribution in [1.29, 1.82) is 0 Å². The number of carboxylic acids is 1. The molecule has 0 bridgehead atoms. The van der Waals surface area contributed by atoms with Gasteiger partial charge in [-0.15, -0.1) is 0 Å². The number of hydrogen-bond acceptors (Lipinski definition) is 4. The van der Waals surface area contributed by atoms with Gasteiger partial charge in [0.25, 0.3) is 0 Å². The van der Waals surface area contributed by atoms with Crippen LogP contribution in [0.4, 0.5) is 0 Å². The molecule has 1 aliphatic heterocycles. The number of methoxy groups -OCH3 is 1. The molecule has 1 heterocycles. The molecule has 2 rings (SSSR count). The van der Waals surface area contributed by atoms with Gasteiger partial charge in [-0.2, -0.15) is 11.8 Å². The largest absolute Gasteiger partial charge is 0.497 e. The Morgan fingerprint density at radius 1 is 1.29 bits per heavy atom. The molecule has 132 valence electrons. The van der Waals surface area contributed by atoms with Crippen LogP contribution in [0.5, 0.6) is 5.75 Å². The number of carbonyl (C=O) groups is 2. The molecule has 5 nitrogen and oxygen atoms in total. The van der Waals surface area contributed by atoms with Gasteiger partial charge in [0.15, 0.2) is 0 Å². The Labute approximate surface area is 147 Å². The van der Waals surface area contributed by atoms with E-state index in [4.69, 9.17) is 4.74 Å². The van der Waals surface area contributed by atoms with Gasteiger partial charge in [0.1, 0.15) is 11.3 Å². The Kier molecular flexibility index (Phi) is 6.54. The van der Waals surface area contributed by atoms with Crippen molar-refractivity contribution in [3.8, 4) is 5.75 Å². The standard InChI is InChI=1S/C18H25NO4S/c1-3-13(14-4-6-15(23-2)7-5-14)12-16(20)19-18(17(21)22)8-10-24-11-9-18/h4-7,13H,3,8-12H2,1-2H3,(H,19,20)(H,21,22). The summed E-state index contributed by atoms with van der Waals surface area (Å²) in [4.78, 5) is 24.2. The molecule has 0 radical (unpaired) electrons. The van der Waals surface area contributed by atoms with Crippen molar-refractivity contribution in [2.75, 3.05) is 18.6 Å². The molecule has 1 fully saturated rings. The maximum absolute atomic E-state index is 12.5. The molecule has 1 unspecified atom stereocenters. The minimum atomic E-state index is -1.10. The van der Waals surface area contributed by atoms with Gasteiger partial charge in [0.2, 0.25) is 5.91 Å². The number of ether oxygens (including phenoxy) is 1. The number of amides is 1. The molecule has 0 aromatic heterocycles. The molecule has 1 amide bonds. The third-order valence-electron chi connectivity index (χ3n) is 4.65. The molecule has 1 aromatic carbocycles. The topological polar surface area (TPSA) is 75.6 Å². The quantitative estimate of drug-likeness (QED) is 0.790. The van der Waals surface area contributed by atoms with E-state index in [1.54, 1.807) is 18.9 Å². The van der Waals surface area contributed by atoms with Gasteiger partial charge in [-0.3, -0.25) is 4.79 Å². The van der Waals surface area contributed by atoms with E-state index in [-0.39, 0.29) is 11.8 Å². The Hall–Kier alpha value is -1.69. The third-order valence-corrected chi connectivity index (χ3v) is 5.63. The predicted molar refractivity (Wildman–Crippen MR) is 95.7 cm³/mol. The van der Waals surface area contributed by atoms with Crippen molar-refractivity contribution in [1.82, 2.24) is 5.32 Å². The highest BCUT2D eigenvalue weighted by Gasteiger charge is 2.41. The van der Waals surface area contributed by atoms with E-state index in [0.29, 0.717) is 19.3 Å². The second-order valence-electron chi connectivity index (χ2n) is 6.13. The van der Waals surface area contributed by atoms with Crippen LogP contribution in [0.15, 0.2) is 24.3 Å². The van der Waals surface area contributed by atoms with E-state index in [1.165, 1.54) is 0 Å². The summed E-state index contributed by atoms with van der Waals surface area (Å²) in [6.45, 7) is 2.03. The van der Waals surface area contributed by atoms with Crippen molar-refractivity contribution >= 4 is 23.6 Å². The molecule has 2 N–H and O–H groups in total. The summed E-state index contributed by atoms with van der Waals surface area (Å²) in [6, 6.07) is 7.69. The molecular weight excluding hydrogens is 326 g/mol. The van der Waals surface area contributed by atoms with E-state index >= 15 is 0 Å². The number of aliphatic carboxylic acids is 1. The van der Waals surface area contributed by atoms with Crippen LogP contribution in [0, 0.1) is 0 Å². The lowest BCUT2D eigenvalue weighted by atomic mass is 9.89. The second kappa shape index (κ2) is 8.42. The summed E-state index contributed by atoms with van der Waals surface area (Å²) in [5.41, 5.74) is -0.0300. The Morgan fingerprint density at radius 2 is 1.92 bits per heavy atom. The SMILES string of the molecule is CCC(CC(=O)NC1(C(=O)O)CCSCC1)c1ccc(OC)cc1. The van der Waals surface area contributed by atoms with E-state index in [0.717, 1.165) is 29.2 Å². The monoisotopic (exact) mass is 351 g/mol. The Bertz CT molecular complexity index is 567. The zero-order chi connectivity index (χ0) is 17.6. The fourth-order valence-corrected chi connectivity index (χ4v) is 4.22. The fraction of sp³-hybridized carbons (Fsp3) is 0.556. The van der Waals surface area contributed by atoms with Crippen molar-refractivity contribution in [2.24, 2.45) is 0 Å². The molecule has 1 aromatic rings. The summed E-state index contributed by atoms with van der Waals surface area (Å²) >= 11 is 1.73. The van der Waals surface area contributed by atoms with Crippen molar-refractivity contribution in [3.05, 3.63) is 29.8 Å². The van der Waals surface area contributed by atoms with Gasteiger partial charge in [-0.25, -0.2) is 4.79 Å². The minimum Gasteiger partial charge on any atom is -0.497 e. The highest BCUT2D eigenvalue weighted by atomic mass is 32.2. The smallest absolute Gasteiger partial charge is 0.329 e. The molecule has 1 aliphatic rings. The molecule has 0 spiro atoms. The van der Waals surface area contributed by atoms with Gasteiger partial charge < -0.3 is 15.2 Å². The van der Waals surface area contributed by atoms with Gasteiger partial charge in [0.05, 0.1) is 7.11 Å². The molecule has 1 saturated heterocycles. The van der Waals surface area contributed by atoms with Crippen LogP contribution in [0.1, 0.15) is 44.1 Å². The maximum Gasteiger partial charge on any atom is 0.329 e. The second-order valence-corrected chi connectivity index (χ2v) is 7.36. The number of thioether (sulfide) groups is 1. The summed E-state index contributed by atoms with van der Waals surface area (Å²) < 4.78 is 5.16. The van der Waals surface area contributed by atoms with Crippen LogP contribution in [-0.2, 0) is 9.59 Å². The normalized spacial score (nSPS) is 17.8. The highest BCUT2D eigenvalue weighted by Crippen LogP contribution is 2.29. The van der Waals surface area contributed by atoms with Crippen molar-refractivity contribution in [3.63, 3.8) is 0 Å². The molecular formula is C18H25NO4S. The van der Waals surface area contributed by atoms with Crippen LogP contribution in [-0.4, -0.2) is 41.1 Å². The number of benzene rings is 1. The lowest BCUT2D eigenvalue weighted by molar-refractivity contribution is -0.148.